The molecule has 7 nitrogen and oxygen atoms in total. The van der Waals surface area contributed by atoms with Gasteiger partial charge in [-0.2, -0.15) is 0 Å². The SMILES string of the molecule is COc1cccc(C(=O)NCC(=O)OCC(=O)N2CCCCCC2)c1. The number of esters is 1. The number of nitrogens with one attached hydrogen (secondary N) is 1. The summed E-state index contributed by atoms with van der Waals surface area (Å²) in [5.41, 5.74) is 0.382. The number of likely N-dealkylation sites (tertiary alicyclic amines) is 1. The standard InChI is InChI=1S/C18H24N2O5/c1-24-15-8-6-7-14(11-15)18(23)19-12-17(22)25-13-16(21)20-9-4-2-3-5-10-20/h6-8,11H,2-5,9-10,12-13H2,1H3,(H,19,23). The minimum atomic E-state index is -0.639. The van der Waals surface area contributed by atoms with Crippen LogP contribution in [0.15, 0.2) is 24.3 Å². The number of ether oxygens (including phenoxy) is 2. The van der Waals surface area contributed by atoms with Crippen molar-refractivity contribution in [1.82, 2.24) is 10.2 Å². The lowest BCUT2D eigenvalue weighted by molar-refractivity contribution is -0.151. The summed E-state index contributed by atoms with van der Waals surface area (Å²) in [6, 6.07) is 6.60. The van der Waals surface area contributed by atoms with Crippen LogP contribution in [0.2, 0.25) is 0 Å². The van der Waals surface area contributed by atoms with Gasteiger partial charge in [-0.05, 0) is 31.0 Å². The number of carbonyl (C=O) groups excluding carboxylic acids is 3. The van der Waals surface area contributed by atoms with Crippen molar-refractivity contribution >= 4 is 17.8 Å². The monoisotopic (exact) mass is 348 g/mol. The molecule has 0 saturated carbocycles. The lowest BCUT2D eigenvalue weighted by atomic mass is 10.2. The van der Waals surface area contributed by atoms with Crippen LogP contribution in [-0.2, 0) is 14.3 Å². The molecule has 0 unspecified atom stereocenters. The minimum Gasteiger partial charge on any atom is -0.497 e. The van der Waals surface area contributed by atoms with E-state index in [0.29, 0.717) is 24.4 Å². The molecule has 0 atom stereocenters. The van der Waals surface area contributed by atoms with Gasteiger partial charge in [-0.1, -0.05) is 18.9 Å². The van der Waals surface area contributed by atoms with Gasteiger partial charge in [0.05, 0.1) is 7.11 Å². The van der Waals surface area contributed by atoms with Crippen molar-refractivity contribution < 1.29 is 23.9 Å². The highest BCUT2D eigenvalue weighted by Gasteiger charge is 2.17. The van der Waals surface area contributed by atoms with Crippen LogP contribution in [0, 0.1) is 0 Å². The molecule has 0 spiro atoms. The normalized spacial score (nSPS) is 14.4. The molecule has 1 heterocycles. The highest BCUT2D eigenvalue weighted by molar-refractivity contribution is 5.96. The number of methoxy groups -OCH3 is 1. The van der Waals surface area contributed by atoms with Crippen molar-refractivity contribution in [2.75, 3.05) is 33.4 Å². The Balaban J connectivity index is 1.72. The van der Waals surface area contributed by atoms with Crippen LogP contribution in [0.25, 0.3) is 0 Å². The molecular weight excluding hydrogens is 324 g/mol. The largest absolute Gasteiger partial charge is 0.497 e. The molecule has 1 aliphatic rings. The molecule has 0 aromatic heterocycles. The van der Waals surface area contributed by atoms with E-state index in [1.54, 1.807) is 29.2 Å². The van der Waals surface area contributed by atoms with Gasteiger partial charge in [-0.3, -0.25) is 14.4 Å². The first-order valence-corrected chi connectivity index (χ1v) is 8.46. The summed E-state index contributed by atoms with van der Waals surface area (Å²) < 4.78 is 10.0. The number of amides is 2. The van der Waals surface area contributed by atoms with E-state index in [0.717, 1.165) is 25.7 Å². The maximum absolute atomic E-state index is 12.0. The van der Waals surface area contributed by atoms with Crippen molar-refractivity contribution in [2.45, 2.75) is 25.7 Å². The van der Waals surface area contributed by atoms with Crippen molar-refractivity contribution in [3.8, 4) is 5.75 Å². The van der Waals surface area contributed by atoms with Crippen LogP contribution in [0.4, 0.5) is 0 Å². The van der Waals surface area contributed by atoms with Gasteiger partial charge in [-0.15, -0.1) is 0 Å². The summed E-state index contributed by atoms with van der Waals surface area (Å²) in [4.78, 5) is 37.5. The van der Waals surface area contributed by atoms with Gasteiger partial charge in [0.15, 0.2) is 6.61 Å². The van der Waals surface area contributed by atoms with E-state index in [1.165, 1.54) is 7.11 Å². The summed E-state index contributed by atoms with van der Waals surface area (Å²) >= 11 is 0. The molecule has 0 radical (unpaired) electrons. The fraction of sp³-hybridized carbons (Fsp3) is 0.500. The molecule has 1 aromatic rings. The van der Waals surface area contributed by atoms with E-state index in [9.17, 15) is 14.4 Å². The van der Waals surface area contributed by atoms with Crippen molar-refractivity contribution in [3.63, 3.8) is 0 Å². The Morgan fingerprint density at radius 2 is 1.84 bits per heavy atom. The number of hydrogen-bond acceptors (Lipinski definition) is 5. The fourth-order valence-electron chi connectivity index (χ4n) is 2.62. The second-order valence-corrected chi connectivity index (χ2v) is 5.87. The van der Waals surface area contributed by atoms with Gasteiger partial charge in [0.1, 0.15) is 12.3 Å². The average Bonchev–Trinajstić information content (AvgIpc) is 2.93. The second-order valence-electron chi connectivity index (χ2n) is 5.87. The summed E-state index contributed by atoms with van der Waals surface area (Å²) in [5, 5.41) is 2.47. The number of carbonyl (C=O) groups is 3. The molecule has 0 aliphatic carbocycles. The van der Waals surface area contributed by atoms with Crippen LogP contribution < -0.4 is 10.1 Å². The zero-order valence-electron chi connectivity index (χ0n) is 14.5. The van der Waals surface area contributed by atoms with Crippen LogP contribution in [0.3, 0.4) is 0 Å². The maximum atomic E-state index is 12.0. The van der Waals surface area contributed by atoms with Gasteiger partial charge in [0.2, 0.25) is 0 Å². The van der Waals surface area contributed by atoms with Crippen molar-refractivity contribution in [3.05, 3.63) is 29.8 Å². The number of hydrogen-bond donors (Lipinski definition) is 1. The molecule has 1 fully saturated rings. The molecular formula is C18H24N2O5. The smallest absolute Gasteiger partial charge is 0.325 e. The molecule has 1 aromatic carbocycles. The minimum absolute atomic E-state index is 0.186. The lowest BCUT2D eigenvalue weighted by Gasteiger charge is -2.19. The quantitative estimate of drug-likeness (QED) is 0.785. The Morgan fingerprint density at radius 1 is 1.12 bits per heavy atom. The van der Waals surface area contributed by atoms with E-state index in [-0.39, 0.29) is 19.1 Å². The van der Waals surface area contributed by atoms with E-state index in [2.05, 4.69) is 5.32 Å². The molecule has 2 amide bonds. The van der Waals surface area contributed by atoms with Gasteiger partial charge in [0.25, 0.3) is 11.8 Å². The van der Waals surface area contributed by atoms with E-state index in [4.69, 9.17) is 9.47 Å². The number of rotatable bonds is 6. The predicted octanol–water partition coefficient (Wildman–Crippen LogP) is 1.37. The average molecular weight is 348 g/mol. The molecule has 7 heteroatoms. The highest BCUT2D eigenvalue weighted by Crippen LogP contribution is 2.12. The molecule has 1 saturated heterocycles. The molecule has 0 bridgehead atoms. The molecule has 136 valence electrons. The molecule has 1 aliphatic heterocycles. The zero-order valence-corrected chi connectivity index (χ0v) is 14.5. The van der Waals surface area contributed by atoms with Gasteiger partial charge < -0.3 is 19.7 Å². The predicted molar refractivity (Wildman–Crippen MR) is 91.3 cm³/mol. The van der Waals surface area contributed by atoms with E-state index < -0.39 is 11.9 Å². The van der Waals surface area contributed by atoms with Crippen LogP contribution in [-0.4, -0.2) is 56.0 Å². The Labute approximate surface area is 147 Å². The van der Waals surface area contributed by atoms with Crippen LogP contribution in [0.5, 0.6) is 5.75 Å². The van der Waals surface area contributed by atoms with Crippen molar-refractivity contribution in [1.29, 1.82) is 0 Å². The molecule has 25 heavy (non-hydrogen) atoms. The molecule has 2 rings (SSSR count). The summed E-state index contributed by atoms with van der Waals surface area (Å²) in [7, 11) is 1.51. The Kier molecular flexibility index (Phi) is 7.25. The fourth-order valence-corrected chi connectivity index (χ4v) is 2.62. The Bertz CT molecular complexity index is 609. The van der Waals surface area contributed by atoms with Crippen LogP contribution in [0.1, 0.15) is 36.0 Å². The van der Waals surface area contributed by atoms with Crippen LogP contribution >= 0.6 is 0 Å². The molecule has 1 N–H and O–H groups in total. The number of nitrogens with zero attached hydrogens (tertiary/aromatic N) is 1. The lowest BCUT2D eigenvalue weighted by Crippen LogP contribution is -2.37. The third-order valence-corrected chi connectivity index (χ3v) is 4.04. The summed E-state index contributed by atoms with van der Waals surface area (Å²) in [6.07, 6.45) is 4.21. The first-order chi connectivity index (χ1) is 12.1. The summed E-state index contributed by atoms with van der Waals surface area (Å²) in [6.45, 7) is 0.850. The third-order valence-electron chi connectivity index (χ3n) is 4.04. The maximum Gasteiger partial charge on any atom is 0.325 e. The first-order valence-electron chi connectivity index (χ1n) is 8.46. The van der Waals surface area contributed by atoms with Gasteiger partial charge in [0, 0.05) is 18.7 Å². The Morgan fingerprint density at radius 3 is 2.52 bits per heavy atom. The topological polar surface area (TPSA) is 84.9 Å². The summed E-state index contributed by atoms with van der Waals surface area (Å²) in [5.74, 6) is -0.679. The first kappa shape index (κ1) is 18.8. The second kappa shape index (κ2) is 9.66. The van der Waals surface area contributed by atoms with E-state index in [1.807, 2.05) is 0 Å². The van der Waals surface area contributed by atoms with Gasteiger partial charge >= 0.3 is 5.97 Å². The third kappa shape index (κ3) is 6.10. The number of benzene rings is 1. The highest BCUT2D eigenvalue weighted by atomic mass is 16.5. The Hall–Kier alpha value is -2.57. The van der Waals surface area contributed by atoms with Crippen molar-refractivity contribution in [2.24, 2.45) is 0 Å². The zero-order chi connectivity index (χ0) is 18.1. The van der Waals surface area contributed by atoms with E-state index >= 15 is 0 Å². The van der Waals surface area contributed by atoms with Gasteiger partial charge in [-0.25, -0.2) is 0 Å².